The van der Waals surface area contributed by atoms with E-state index in [1.165, 1.54) is 36.3 Å². The monoisotopic (exact) mass is 477 g/mol. The lowest BCUT2D eigenvalue weighted by Crippen LogP contribution is -2.26. The average Bonchev–Trinajstić information content (AvgIpc) is 3.43. The van der Waals surface area contributed by atoms with Crippen molar-refractivity contribution in [3.8, 4) is 34.1 Å². The number of nitrogens with zero attached hydrogens (tertiary/aromatic N) is 4. The van der Waals surface area contributed by atoms with E-state index >= 15 is 0 Å². The van der Waals surface area contributed by atoms with Crippen molar-refractivity contribution in [3.63, 3.8) is 0 Å². The van der Waals surface area contributed by atoms with Gasteiger partial charge in [-0.1, -0.05) is 6.07 Å². The van der Waals surface area contributed by atoms with Crippen LogP contribution in [0.2, 0.25) is 0 Å². The SMILES string of the molecule is COc1ccc(CCNC(=O)c2cc(-c3cc(F)ccc3OC)cc(-n3cnnn3)c2)cc1OC. The summed E-state index contributed by atoms with van der Waals surface area (Å²) < 4.78 is 31.5. The first-order valence-corrected chi connectivity index (χ1v) is 10.7. The molecule has 4 aromatic rings. The number of ether oxygens (including phenoxy) is 3. The van der Waals surface area contributed by atoms with E-state index in [9.17, 15) is 9.18 Å². The standard InChI is InChI=1S/C25H24FN5O4/c1-33-22-7-5-19(26)14-21(22)17-11-18(13-20(12-17)31-15-28-29-30-31)25(32)27-9-8-16-4-6-23(34-2)24(10-16)35-3/h4-7,10-15H,8-9H2,1-3H3,(H,27,32). The largest absolute Gasteiger partial charge is 0.496 e. The van der Waals surface area contributed by atoms with Gasteiger partial charge in [0.2, 0.25) is 0 Å². The van der Waals surface area contributed by atoms with E-state index in [1.807, 2.05) is 18.2 Å². The molecule has 180 valence electrons. The highest BCUT2D eigenvalue weighted by Gasteiger charge is 2.15. The molecule has 9 nitrogen and oxygen atoms in total. The molecule has 0 radical (unpaired) electrons. The van der Waals surface area contributed by atoms with Gasteiger partial charge in [-0.25, -0.2) is 9.07 Å². The summed E-state index contributed by atoms with van der Waals surface area (Å²) >= 11 is 0. The van der Waals surface area contributed by atoms with E-state index < -0.39 is 5.82 Å². The molecule has 1 aromatic heterocycles. The van der Waals surface area contributed by atoms with Crippen LogP contribution >= 0.6 is 0 Å². The maximum absolute atomic E-state index is 14.0. The summed E-state index contributed by atoms with van der Waals surface area (Å²) in [5, 5.41) is 14.2. The van der Waals surface area contributed by atoms with Crippen LogP contribution in [0, 0.1) is 5.82 Å². The lowest BCUT2D eigenvalue weighted by molar-refractivity contribution is 0.0954. The van der Waals surface area contributed by atoms with Gasteiger partial charge in [0.05, 0.1) is 27.0 Å². The zero-order chi connectivity index (χ0) is 24.8. The third-order valence-electron chi connectivity index (χ3n) is 5.41. The molecule has 0 aliphatic carbocycles. The Balaban J connectivity index is 1.59. The van der Waals surface area contributed by atoms with E-state index in [0.717, 1.165) is 5.56 Å². The number of rotatable bonds is 9. The fraction of sp³-hybridized carbons (Fsp3) is 0.200. The van der Waals surface area contributed by atoms with Crippen molar-refractivity contribution < 1.29 is 23.4 Å². The molecule has 0 aliphatic rings. The summed E-state index contributed by atoms with van der Waals surface area (Å²) in [5.41, 5.74) is 2.98. The molecule has 0 spiro atoms. The second-order valence-electron chi connectivity index (χ2n) is 7.56. The first-order valence-electron chi connectivity index (χ1n) is 10.7. The van der Waals surface area contributed by atoms with Crippen LogP contribution in [0.15, 0.2) is 60.9 Å². The van der Waals surface area contributed by atoms with Crippen molar-refractivity contribution in [3.05, 3.63) is 77.9 Å². The van der Waals surface area contributed by atoms with Gasteiger partial charge in [-0.3, -0.25) is 4.79 Å². The molecule has 4 rings (SSSR count). The lowest BCUT2D eigenvalue weighted by Gasteiger charge is -2.13. The van der Waals surface area contributed by atoms with Crippen molar-refractivity contribution in [2.75, 3.05) is 27.9 Å². The molecule has 35 heavy (non-hydrogen) atoms. The van der Waals surface area contributed by atoms with Crippen LogP contribution in [0.1, 0.15) is 15.9 Å². The Labute approximate surface area is 201 Å². The Morgan fingerprint density at radius 2 is 1.71 bits per heavy atom. The van der Waals surface area contributed by atoms with Gasteiger partial charge in [0, 0.05) is 17.7 Å². The van der Waals surface area contributed by atoms with Crippen LogP contribution in [-0.2, 0) is 6.42 Å². The minimum Gasteiger partial charge on any atom is -0.496 e. The van der Waals surface area contributed by atoms with Crippen LogP contribution < -0.4 is 19.5 Å². The Kier molecular flexibility index (Phi) is 7.20. The third-order valence-corrected chi connectivity index (χ3v) is 5.41. The molecule has 1 amide bonds. The highest BCUT2D eigenvalue weighted by atomic mass is 19.1. The molecule has 0 atom stereocenters. The number of tetrazole rings is 1. The summed E-state index contributed by atoms with van der Waals surface area (Å²) in [6.45, 7) is 0.391. The number of carbonyl (C=O) groups is 1. The van der Waals surface area contributed by atoms with Crippen LogP contribution in [0.25, 0.3) is 16.8 Å². The highest BCUT2D eigenvalue weighted by Crippen LogP contribution is 2.33. The van der Waals surface area contributed by atoms with Gasteiger partial charge in [-0.15, -0.1) is 5.10 Å². The van der Waals surface area contributed by atoms with Crippen molar-refractivity contribution >= 4 is 5.91 Å². The first kappa shape index (κ1) is 23.7. The molecule has 0 unspecified atom stereocenters. The molecular weight excluding hydrogens is 453 g/mol. The van der Waals surface area contributed by atoms with E-state index in [1.54, 1.807) is 32.4 Å². The van der Waals surface area contributed by atoms with Crippen LogP contribution in [0.4, 0.5) is 4.39 Å². The number of hydrogen-bond acceptors (Lipinski definition) is 7. The fourth-order valence-corrected chi connectivity index (χ4v) is 3.67. The Morgan fingerprint density at radius 3 is 2.43 bits per heavy atom. The summed E-state index contributed by atoms with van der Waals surface area (Å²) in [7, 11) is 4.66. The molecule has 0 saturated heterocycles. The minimum absolute atomic E-state index is 0.294. The number of hydrogen-bond donors (Lipinski definition) is 1. The molecule has 0 saturated carbocycles. The van der Waals surface area contributed by atoms with E-state index in [4.69, 9.17) is 14.2 Å². The zero-order valence-electron chi connectivity index (χ0n) is 19.5. The van der Waals surface area contributed by atoms with Gasteiger partial charge in [0.15, 0.2) is 11.5 Å². The van der Waals surface area contributed by atoms with Gasteiger partial charge in [0.25, 0.3) is 5.91 Å². The highest BCUT2D eigenvalue weighted by molar-refractivity contribution is 5.96. The fourth-order valence-electron chi connectivity index (χ4n) is 3.67. The summed E-state index contributed by atoms with van der Waals surface area (Å²) in [6, 6.07) is 14.9. The quantitative estimate of drug-likeness (QED) is 0.394. The molecule has 1 heterocycles. The normalized spacial score (nSPS) is 10.6. The first-order chi connectivity index (χ1) is 17.0. The van der Waals surface area contributed by atoms with Gasteiger partial charge >= 0.3 is 0 Å². The number of halogens is 1. The van der Waals surface area contributed by atoms with E-state index in [0.29, 0.717) is 52.6 Å². The minimum atomic E-state index is -0.422. The summed E-state index contributed by atoms with van der Waals surface area (Å²) in [4.78, 5) is 13.1. The molecule has 0 fully saturated rings. The Bertz CT molecular complexity index is 1330. The molecule has 10 heteroatoms. The number of methoxy groups -OCH3 is 3. The lowest BCUT2D eigenvalue weighted by atomic mass is 10.0. The Hall–Kier alpha value is -4.47. The van der Waals surface area contributed by atoms with Gasteiger partial charge in [-0.2, -0.15) is 0 Å². The summed E-state index contributed by atoms with van der Waals surface area (Å²) in [5.74, 6) is 1.02. The predicted molar refractivity (Wildman–Crippen MR) is 127 cm³/mol. The van der Waals surface area contributed by atoms with Crippen molar-refractivity contribution in [2.45, 2.75) is 6.42 Å². The third kappa shape index (κ3) is 5.37. The molecular formula is C25H24FN5O4. The van der Waals surface area contributed by atoms with Gasteiger partial charge in [0.1, 0.15) is 17.9 Å². The van der Waals surface area contributed by atoms with E-state index in [-0.39, 0.29) is 5.91 Å². The zero-order valence-corrected chi connectivity index (χ0v) is 19.5. The number of benzene rings is 3. The van der Waals surface area contributed by atoms with Crippen molar-refractivity contribution in [1.29, 1.82) is 0 Å². The summed E-state index contributed by atoms with van der Waals surface area (Å²) in [6.07, 6.45) is 2.00. The number of nitrogens with one attached hydrogen (secondary N) is 1. The van der Waals surface area contributed by atoms with Crippen LogP contribution in [-0.4, -0.2) is 54.0 Å². The topological polar surface area (TPSA) is 100 Å². The molecule has 0 bridgehead atoms. The average molecular weight is 477 g/mol. The number of amides is 1. The second-order valence-corrected chi connectivity index (χ2v) is 7.56. The molecule has 1 N–H and O–H groups in total. The maximum Gasteiger partial charge on any atom is 0.251 e. The van der Waals surface area contributed by atoms with Crippen LogP contribution in [0.3, 0.4) is 0 Å². The predicted octanol–water partition coefficient (Wildman–Crippen LogP) is 3.47. The molecule has 3 aromatic carbocycles. The maximum atomic E-state index is 14.0. The van der Waals surface area contributed by atoms with Crippen molar-refractivity contribution in [2.24, 2.45) is 0 Å². The second kappa shape index (κ2) is 10.6. The van der Waals surface area contributed by atoms with Crippen LogP contribution in [0.5, 0.6) is 17.2 Å². The van der Waals surface area contributed by atoms with Crippen molar-refractivity contribution in [1.82, 2.24) is 25.5 Å². The number of aromatic nitrogens is 4. The number of carbonyl (C=O) groups excluding carboxylic acids is 1. The smallest absolute Gasteiger partial charge is 0.251 e. The molecule has 0 aliphatic heterocycles. The van der Waals surface area contributed by atoms with E-state index in [2.05, 4.69) is 20.8 Å². The Morgan fingerprint density at radius 1 is 0.943 bits per heavy atom. The van der Waals surface area contributed by atoms with Gasteiger partial charge < -0.3 is 19.5 Å². The van der Waals surface area contributed by atoms with Gasteiger partial charge in [-0.05, 0) is 76.5 Å².